The van der Waals surface area contributed by atoms with Crippen LogP contribution < -0.4 is 0 Å². The highest BCUT2D eigenvalue weighted by Crippen LogP contribution is 2.36. The lowest BCUT2D eigenvalue weighted by Crippen LogP contribution is -2.37. The number of carbonyl (C=O) groups is 1. The molecule has 1 unspecified atom stereocenters. The Morgan fingerprint density at radius 1 is 1.13 bits per heavy atom. The van der Waals surface area contributed by atoms with E-state index in [9.17, 15) is 18.3 Å². The van der Waals surface area contributed by atoms with Crippen LogP contribution >= 0.6 is 11.3 Å². The molecule has 0 aliphatic carbocycles. The van der Waals surface area contributed by atoms with Crippen LogP contribution in [0.3, 0.4) is 0 Å². The van der Waals surface area contributed by atoms with Crippen molar-refractivity contribution in [3.63, 3.8) is 0 Å². The second-order valence-electron chi connectivity index (χ2n) is 9.10. The number of nitrogens with zero attached hydrogens (tertiary/aromatic N) is 1. The summed E-state index contributed by atoms with van der Waals surface area (Å²) in [6.45, 7) is 6.74. The van der Waals surface area contributed by atoms with Crippen LogP contribution in [-0.2, 0) is 21.9 Å². The zero-order chi connectivity index (χ0) is 22.4. The maximum Gasteiger partial charge on any atom is 0.346 e. The third kappa shape index (κ3) is 4.14. The molecule has 1 saturated heterocycles. The lowest BCUT2D eigenvalue weighted by Gasteiger charge is -2.25. The topological polar surface area (TPSA) is 74.7 Å². The molecular weight excluding hydrogens is 430 g/mol. The van der Waals surface area contributed by atoms with Crippen LogP contribution in [0.15, 0.2) is 53.4 Å². The van der Waals surface area contributed by atoms with E-state index in [4.69, 9.17) is 0 Å². The van der Waals surface area contributed by atoms with E-state index in [-0.39, 0.29) is 11.5 Å². The Balaban J connectivity index is 1.66. The van der Waals surface area contributed by atoms with Crippen molar-refractivity contribution >= 4 is 37.4 Å². The van der Waals surface area contributed by atoms with Gasteiger partial charge in [0.15, 0.2) is 0 Å². The number of rotatable bonds is 5. The molecule has 3 aromatic rings. The lowest BCUT2D eigenvalue weighted by atomic mass is 9.87. The van der Waals surface area contributed by atoms with Gasteiger partial charge in [0.1, 0.15) is 4.88 Å². The molecule has 1 N–H and O–H groups in total. The van der Waals surface area contributed by atoms with Crippen LogP contribution in [0.25, 0.3) is 10.1 Å². The van der Waals surface area contributed by atoms with Crippen LogP contribution in [0.2, 0.25) is 0 Å². The maximum absolute atomic E-state index is 13.4. The molecule has 31 heavy (non-hydrogen) atoms. The summed E-state index contributed by atoms with van der Waals surface area (Å²) in [5, 5.41) is 10.6. The molecule has 164 valence electrons. The van der Waals surface area contributed by atoms with Gasteiger partial charge in [0.25, 0.3) is 0 Å². The molecule has 0 saturated carbocycles. The average molecular weight is 458 g/mol. The first-order valence-electron chi connectivity index (χ1n) is 10.4. The smallest absolute Gasteiger partial charge is 0.346 e. The van der Waals surface area contributed by atoms with Crippen LogP contribution in [0.5, 0.6) is 0 Å². The third-order valence-electron chi connectivity index (χ3n) is 5.98. The van der Waals surface area contributed by atoms with Gasteiger partial charge in [-0.2, -0.15) is 4.31 Å². The summed E-state index contributed by atoms with van der Waals surface area (Å²) >= 11 is 1.26. The second kappa shape index (κ2) is 8.04. The van der Waals surface area contributed by atoms with Crippen molar-refractivity contribution in [1.82, 2.24) is 4.31 Å². The van der Waals surface area contributed by atoms with Crippen LogP contribution in [0.1, 0.15) is 54.4 Å². The fourth-order valence-corrected chi connectivity index (χ4v) is 7.07. The lowest BCUT2D eigenvalue weighted by molar-refractivity contribution is 0.0701. The highest BCUT2D eigenvalue weighted by atomic mass is 32.2. The van der Waals surface area contributed by atoms with Crippen molar-refractivity contribution in [2.45, 2.75) is 56.4 Å². The Morgan fingerprint density at radius 3 is 2.45 bits per heavy atom. The third-order valence-corrected chi connectivity index (χ3v) is 9.15. The number of carboxylic acid groups (broad SMARTS) is 1. The van der Waals surface area contributed by atoms with Gasteiger partial charge >= 0.3 is 5.97 Å². The first kappa shape index (κ1) is 22.0. The van der Waals surface area contributed by atoms with E-state index in [1.165, 1.54) is 11.3 Å². The van der Waals surface area contributed by atoms with Crippen molar-refractivity contribution in [2.75, 3.05) is 6.54 Å². The van der Waals surface area contributed by atoms with Crippen molar-refractivity contribution in [3.8, 4) is 0 Å². The van der Waals surface area contributed by atoms with E-state index in [1.807, 2.05) is 36.4 Å². The molecule has 5 nitrogen and oxygen atoms in total. The van der Waals surface area contributed by atoms with Gasteiger partial charge in [-0.05, 0) is 59.4 Å². The largest absolute Gasteiger partial charge is 0.477 e. The van der Waals surface area contributed by atoms with Crippen LogP contribution in [0.4, 0.5) is 0 Å². The zero-order valence-corrected chi connectivity index (χ0v) is 19.6. The van der Waals surface area contributed by atoms with E-state index >= 15 is 0 Å². The average Bonchev–Trinajstić information content (AvgIpc) is 3.33. The van der Waals surface area contributed by atoms with Gasteiger partial charge in [-0.3, -0.25) is 0 Å². The molecule has 2 heterocycles. The second-order valence-corrected chi connectivity index (χ2v) is 12.0. The number of carboxylic acids is 1. The Hall–Kier alpha value is -2.22. The van der Waals surface area contributed by atoms with Gasteiger partial charge in [-0.15, -0.1) is 11.3 Å². The highest BCUT2D eigenvalue weighted by Gasteiger charge is 2.36. The Kier molecular flexibility index (Phi) is 5.70. The fraction of sp³-hybridized carbons (Fsp3) is 0.375. The highest BCUT2D eigenvalue weighted by molar-refractivity contribution is 7.89. The number of hydrogen-bond acceptors (Lipinski definition) is 4. The van der Waals surface area contributed by atoms with Gasteiger partial charge in [0, 0.05) is 17.3 Å². The number of sulfonamides is 1. The van der Waals surface area contributed by atoms with E-state index < -0.39 is 16.0 Å². The predicted molar refractivity (Wildman–Crippen MR) is 125 cm³/mol. The predicted octanol–water partition coefficient (Wildman–Crippen LogP) is 5.29. The summed E-state index contributed by atoms with van der Waals surface area (Å²) in [5.74, 6) is -0.957. The minimum absolute atomic E-state index is 0.0499. The van der Waals surface area contributed by atoms with Gasteiger partial charge < -0.3 is 5.11 Å². The molecule has 1 atom stereocenters. The molecule has 0 bridgehead atoms. The Morgan fingerprint density at radius 2 is 1.81 bits per heavy atom. The quantitative estimate of drug-likeness (QED) is 0.565. The van der Waals surface area contributed by atoms with Crippen LogP contribution in [0, 0.1) is 0 Å². The number of hydrogen-bond donors (Lipinski definition) is 1. The first-order chi connectivity index (χ1) is 14.6. The van der Waals surface area contributed by atoms with E-state index in [0.29, 0.717) is 22.7 Å². The van der Waals surface area contributed by atoms with Crippen molar-refractivity contribution in [3.05, 3.63) is 64.5 Å². The van der Waals surface area contributed by atoms with E-state index in [0.717, 1.165) is 34.1 Å². The van der Waals surface area contributed by atoms with Gasteiger partial charge in [-0.25, -0.2) is 13.2 Å². The van der Waals surface area contributed by atoms with E-state index in [1.54, 1.807) is 16.4 Å². The SMILES string of the molecule is CC(C)(C)c1ccc(S(=O)(=O)N2CCCC2Cc2c(C(=O)O)sc3ccccc23)cc1. The Bertz CT molecular complexity index is 1220. The number of fused-ring (bicyclic) bond motifs is 1. The molecule has 2 aromatic carbocycles. The number of aromatic carboxylic acids is 1. The summed E-state index contributed by atoms with van der Waals surface area (Å²) in [5.41, 5.74) is 1.77. The van der Waals surface area contributed by atoms with Crippen molar-refractivity contribution < 1.29 is 18.3 Å². The molecule has 0 radical (unpaired) electrons. The molecular formula is C24H27NO4S2. The van der Waals surface area contributed by atoms with Crippen molar-refractivity contribution in [1.29, 1.82) is 0 Å². The summed E-state index contributed by atoms with van der Waals surface area (Å²) in [6, 6.07) is 14.5. The minimum Gasteiger partial charge on any atom is -0.477 e. The standard InChI is InChI=1S/C24H27NO4S2/c1-24(2,3)16-10-12-18(13-11-16)31(28,29)25-14-6-7-17(25)15-20-19-8-4-5-9-21(19)30-22(20)23(26)27/h4-5,8-13,17H,6-7,14-15H2,1-3H3,(H,26,27). The Labute approximate surface area is 187 Å². The molecule has 1 aliphatic rings. The summed E-state index contributed by atoms with van der Waals surface area (Å²) in [6.07, 6.45) is 1.90. The van der Waals surface area contributed by atoms with Gasteiger partial charge in [-0.1, -0.05) is 51.1 Å². The summed E-state index contributed by atoms with van der Waals surface area (Å²) in [4.78, 5) is 12.5. The minimum atomic E-state index is -3.65. The first-order valence-corrected chi connectivity index (χ1v) is 12.7. The molecule has 1 fully saturated rings. The van der Waals surface area contributed by atoms with E-state index in [2.05, 4.69) is 20.8 Å². The van der Waals surface area contributed by atoms with Crippen molar-refractivity contribution in [2.24, 2.45) is 0 Å². The molecule has 0 amide bonds. The summed E-state index contributed by atoms with van der Waals surface area (Å²) < 4.78 is 29.3. The number of benzene rings is 2. The van der Waals surface area contributed by atoms with Crippen LogP contribution in [-0.4, -0.2) is 36.4 Å². The van der Waals surface area contributed by atoms with Gasteiger partial charge in [0.2, 0.25) is 10.0 Å². The maximum atomic E-state index is 13.4. The van der Waals surface area contributed by atoms with Gasteiger partial charge in [0.05, 0.1) is 4.90 Å². The molecule has 4 rings (SSSR count). The molecule has 1 aromatic heterocycles. The molecule has 1 aliphatic heterocycles. The monoisotopic (exact) mass is 457 g/mol. The molecule has 7 heteroatoms. The number of thiophene rings is 1. The normalized spacial score (nSPS) is 18.0. The fourth-order valence-electron chi connectivity index (χ4n) is 4.30. The summed E-state index contributed by atoms with van der Waals surface area (Å²) in [7, 11) is -3.65. The molecule has 0 spiro atoms. The zero-order valence-electron chi connectivity index (χ0n) is 18.0.